The van der Waals surface area contributed by atoms with Crippen LogP contribution in [0.1, 0.15) is 27.2 Å². The monoisotopic (exact) mass is 215 g/mol. The SMILES string of the molecule is CC(C1CCOC1)N(C)C(C)(C)C(=O)O. The van der Waals surface area contributed by atoms with Crippen LogP contribution in [0.3, 0.4) is 0 Å². The maximum Gasteiger partial charge on any atom is 0.323 e. The van der Waals surface area contributed by atoms with Crippen molar-refractivity contribution in [2.24, 2.45) is 5.92 Å². The van der Waals surface area contributed by atoms with Crippen molar-refractivity contribution in [1.29, 1.82) is 0 Å². The molecule has 0 bridgehead atoms. The summed E-state index contributed by atoms with van der Waals surface area (Å²) in [5.41, 5.74) is -0.817. The van der Waals surface area contributed by atoms with Crippen molar-refractivity contribution in [1.82, 2.24) is 4.90 Å². The summed E-state index contributed by atoms with van der Waals surface area (Å²) in [6.45, 7) is 7.10. The smallest absolute Gasteiger partial charge is 0.323 e. The molecule has 2 unspecified atom stereocenters. The normalized spacial score (nSPS) is 24.5. The third-order valence-corrected chi connectivity index (χ3v) is 3.66. The first-order chi connectivity index (χ1) is 6.87. The number of aliphatic carboxylic acids is 1. The van der Waals surface area contributed by atoms with E-state index in [-0.39, 0.29) is 6.04 Å². The van der Waals surface area contributed by atoms with Gasteiger partial charge in [-0.15, -0.1) is 0 Å². The van der Waals surface area contributed by atoms with E-state index in [1.165, 1.54) is 0 Å². The van der Waals surface area contributed by atoms with E-state index in [9.17, 15) is 4.79 Å². The minimum absolute atomic E-state index is 0.235. The molecule has 0 aliphatic carbocycles. The zero-order chi connectivity index (χ0) is 11.6. The second-order valence-corrected chi connectivity index (χ2v) is 4.84. The molecule has 0 aromatic carbocycles. The molecule has 1 aliphatic rings. The number of hydrogen-bond acceptors (Lipinski definition) is 3. The molecule has 0 saturated carbocycles. The fraction of sp³-hybridized carbons (Fsp3) is 0.909. The Balaban J connectivity index is 2.65. The molecule has 1 N–H and O–H groups in total. The first-order valence-electron chi connectivity index (χ1n) is 5.41. The highest BCUT2D eigenvalue weighted by Gasteiger charge is 2.38. The minimum atomic E-state index is -0.817. The summed E-state index contributed by atoms with van der Waals surface area (Å²) >= 11 is 0. The Hall–Kier alpha value is -0.610. The summed E-state index contributed by atoms with van der Waals surface area (Å²) in [5, 5.41) is 9.13. The number of likely N-dealkylation sites (N-methyl/N-ethyl adjacent to an activating group) is 1. The summed E-state index contributed by atoms with van der Waals surface area (Å²) in [6.07, 6.45) is 1.03. The van der Waals surface area contributed by atoms with Crippen LogP contribution >= 0.6 is 0 Å². The van der Waals surface area contributed by atoms with Crippen LogP contribution in [0.25, 0.3) is 0 Å². The predicted octanol–water partition coefficient (Wildman–Crippen LogP) is 1.21. The van der Waals surface area contributed by atoms with Gasteiger partial charge in [0, 0.05) is 12.6 Å². The number of ether oxygens (including phenoxy) is 1. The van der Waals surface area contributed by atoms with Crippen molar-refractivity contribution in [3.8, 4) is 0 Å². The molecule has 0 aromatic rings. The van der Waals surface area contributed by atoms with Crippen LogP contribution in [0, 0.1) is 5.92 Å². The fourth-order valence-corrected chi connectivity index (χ4v) is 1.91. The zero-order valence-corrected chi connectivity index (χ0v) is 9.99. The van der Waals surface area contributed by atoms with Gasteiger partial charge in [0.05, 0.1) is 6.61 Å². The molecule has 4 heteroatoms. The van der Waals surface area contributed by atoms with Gasteiger partial charge in [-0.2, -0.15) is 0 Å². The molecule has 0 spiro atoms. The molecule has 1 rings (SSSR count). The van der Waals surface area contributed by atoms with Crippen molar-refractivity contribution >= 4 is 5.97 Å². The number of nitrogens with zero attached hydrogens (tertiary/aromatic N) is 1. The van der Waals surface area contributed by atoms with Crippen LogP contribution in [-0.4, -0.2) is 47.8 Å². The van der Waals surface area contributed by atoms with E-state index in [2.05, 4.69) is 6.92 Å². The van der Waals surface area contributed by atoms with E-state index in [0.29, 0.717) is 5.92 Å². The highest BCUT2D eigenvalue weighted by Crippen LogP contribution is 2.25. The summed E-state index contributed by atoms with van der Waals surface area (Å²) < 4.78 is 5.33. The highest BCUT2D eigenvalue weighted by atomic mass is 16.5. The Morgan fingerprint density at radius 2 is 2.20 bits per heavy atom. The van der Waals surface area contributed by atoms with Crippen molar-refractivity contribution in [2.75, 3.05) is 20.3 Å². The second kappa shape index (κ2) is 4.49. The van der Waals surface area contributed by atoms with Crippen molar-refractivity contribution in [3.05, 3.63) is 0 Å². The average Bonchev–Trinajstić information content (AvgIpc) is 2.67. The van der Waals surface area contributed by atoms with Crippen LogP contribution in [0.5, 0.6) is 0 Å². The number of rotatable bonds is 4. The van der Waals surface area contributed by atoms with Crippen LogP contribution < -0.4 is 0 Å². The van der Waals surface area contributed by atoms with Gasteiger partial charge in [0.15, 0.2) is 0 Å². The first-order valence-corrected chi connectivity index (χ1v) is 5.41. The lowest BCUT2D eigenvalue weighted by atomic mass is 9.94. The van der Waals surface area contributed by atoms with E-state index in [4.69, 9.17) is 9.84 Å². The van der Waals surface area contributed by atoms with Crippen LogP contribution in [-0.2, 0) is 9.53 Å². The lowest BCUT2D eigenvalue weighted by Gasteiger charge is -2.38. The molecule has 88 valence electrons. The van der Waals surface area contributed by atoms with Gasteiger partial charge in [0.25, 0.3) is 0 Å². The molecular formula is C11H21NO3. The Kier molecular flexibility index (Phi) is 3.73. The zero-order valence-electron chi connectivity index (χ0n) is 9.99. The third-order valence-electron chi connectivity index (χ3n) is 3.66. The first kappa shape index (κ1) is 12.5. The topological polar surface area (TPSA) is 49.8 Å². The van der Waals surface area contributed by atoms with Crippen LogP contribution in [0.2, 0.25) is 0 Å². The van der Waals surface area contributed by atoms with Gasteiger partial charge >= 0.3 is 5.97 Å². The standard InChI is InChI=1S/C11H21NO3/c1-8(9-5-6-15-7-9)12(4)11(2,3)10(13)14/h8-9H,5-7H2,1-4H3,(H,13,14). The van der Waals surface area contributed by atoms with E-state index in [1.807, 2.05) is 11.9 Å². The number of carboxylic acids is 1. The Morgan fingerprint density at radius 3 is 2.60 bits per heavy atom. The molecule has 4 nitrogen and oxygen atoms in total. The fourth-order valence-electron chi connectivity index (χ4n) is 1.91. The lowest BCUT2D eigenvalue weighted by Crippen LogP contribution is -2.53. The number of hydrogen-bond donors (Lipinski definition) is 1. The molecule has 15 heavy (non-hydrogen) atoms. The molecule has 1 saturated heterocycles. The predicted molar refractivity (Wildman–Crippen MR) is 57.9 cm³/mol. The lowest BCUT2D eigenvalue weighted by molar-refractivity contribution is -0.150. The van der Waals surface area contributed by atoms with Crippen LogP contribution in [0.15, 0.2) is 0 Å². The van der Waals surface area contributed by atoms with Crippen molar-refractivity contribution in [2.45, 2.75) is 38.8 Å². The summed E-state index contributed by atoms with van der Waals surface area (Å²) in [5.74, 6) is -0.329. The van der Waals surface area contributed by atoms with Gasteiger partial charge in [-0.3, -0.25) is 9.69 Å². The molecule has 0 amide bonds. The molecule has 1 fully saturated rings. The van der Waals surface area contributed by atoms with Gasteiger partial charge in [-0.1, -0.05) is 0 Å². The molecule has 0 aromatic heterocycles. The summed E-state index contributed by atoms with van der Waals surface area (Å²) in [7, 11) is 1.87. The molecular weight excluding hydrogens is 194 g/mol. The van der Waals surface area contributed by atoms with Crippen LogP contribution in [0.4, 0.5) is 0 Å². The quantitative estimate of drug-likeness (QED) is 0.765. The van der Waals surface area contributed by atoms with Gasteiger partial charge in [0.1, 0.15) is 5.54 Å². The Labute approximate surface area is 91.2 Å². The molecule has 1 aliphatic heterocycles. The molecule has 2 atom stereocenters. The number of carboxylic acid groups (broad SMARTS) is 1. The summed E-state index contributed by atoms with van der Waals surface area (Å²) in [4.78, 5) is 13.0. The minimum Gasteiger partial charge on any atom is -0.480 e. The Morgan fingerprint density at radius 1 is 1.60 bits per heavy atom. The molecule has 0 radical (unpaired) electrons. The second-order valence-electron chi connectivity index (χ2n) is 4.84. The molecule has 1 heterocycles. The Bertz CT molecular complexity index is 234. The summed E-state index contributed by atoms with van der Waals surface area (Å²) in [6, 6.07) is 0.235. The van der Waals surface area contributed by atoms with Gasteiger partial charge in [-0.25, -0.2) is 0 Å². The third kappa shape index (κ3) is 2.49. The highest BCUT2D eigenvalue weighted by molar-refractivity contribution is 5.77. The van der Waals surface area contributed by atoms with Gasteiger partial charge in [0.2, 0.25) is 0 Å². The largest absolute Gasteiger partial charge is 0.480 e. The number of carbonyl (C=O) groups is 1. The van der Waals surface area contributed by atoms with Crippen molar-refractivity contribution < 1.29 is 14.6 Å². The van der Waals surface area contributed by atoms with Gasteiger partial charge < -0.3 is 9.84 Å². The van der Waals surface area contributed by atoms with E-state index >= 15 is 0 Å². The maximum absolute atomic E-state index is 11.1. The van der Waals surface area contributed by atoms with Gasteiger partial charge in [-0.05, 0) is 40.2 Å². The van der Waals surface area contributed by atoms with E-state index in [1.54, 1.807) is 13.8 Å². The van der Waals surface area contributed by atoms with E-state index in [0.717, 1.165) is 19.6 Å². The van der Waals surface area contributed by atoms with Crippen molar-refractivity contribution in [3.63, 3.8) is 0 Å². The van der Waals surface area contributed by atoms with E-state index < -0.39 is 11.5 Å². The maximum atomic E-state index is 11.1. The average molecular weight is 215 g/mol.